The highest BCUT2D eigenvalue weighted by Gasteiger charge is 2.33. The predicted molar refractivity (Wildman–Crippen MR) is 75.8 cm³/mol. The van der Waals surface area contributed by atoms with Crippen LogP contribution in [0.1, 0.15) is 12.0 Å². The minimum Gasteiger partial charge on any atom is -0.479 e. The van der Waals surface area contributed by atoms with Gasteiger partial charge in [0.2, 0.25) is 5.88 Å². The molecule has 0 aromatic carbocycles. The number of anilines is 1. The van der Waals surface area contributed by atoms with E-state index in [1.807, 2.05) is 12.1 Å². The molecule has 8 heteroatoms. The third kappa shape index (κ3) is 2.04. The molecule has 0 fully saturated rings. The summed E-state index contributed by atoms with van der Waals surface area (Å²) in [6.45, 7) is 0.422. The second kappa shape index (κ2) is 5.02. The molecule has 1 aliphatic rings. The Kier molecular flexibility index (Phi) is 3.35. The molecule has 2 aromatic rings. The van der Waals surface area contributed by atoms with E-state index in [4.69, 9.17) is 4.74 Å². The van der Waals surface area contributed by atoms with Crippen molar-refractivity contribution in [2.75, 3.05) is 18.0 Å². The zero-order valence-electron chi connectivity index (χ0n) is 10.8. The number of fused-ring (bicyclic) bond motifs is 1. The predicted octanol–water partition coefficient (Wildman–Crippen LogP) is 1.69. The van der Waals surface area contributed by atoms with Crippen molar-refractivity contribution < 1.29 is 13.2 Å². The van der Waals surface area contributed by atoms with Crippen molar-refractivity contribution in [3.05, 3.63) is 29.3 Å². The van der Waals surface area contributed by atoms with Crippen molar-refractivity contribution in [1.82, 2.24) is 9.36 Å². The number of sulfonamides is 1. The van der Waals surface area contributed by atoms with E-state index < -0.39 is 10.0 Å². The fourth-order valence-corrected chi connectivity index (χ4v) is 4.79. The van der Waals surface area contributed by atoms with E-state index in [-0.39, 0.29) is 10.8 Å². The van der Waals surface area contributed by atoms with Crippen molar-refractivity contribution in [3.8, 4) is 5.88 Å². The van der Waals surface area contributed by atoms with Crippen molar-refractivity contribution in [2.45, 2.75) is 17.7 Å². The van der Waals surface area contributed by atoms with Gasteiger partial charge in [0.1, 0.15) is 5.82 Å². The van der Waals surface area contributed by atoms with E-state index in [2.05, 4.69) is 9.36 Å². The Morgan fingerprint density at radius 1 is 1.45 bits per heavy atom. The molecule has 6 nitrogen and oxygen atoms in total. The van der Waals surface area contributed by atoms with Gasteiger partial charge in [-0.3, -0.25) is 0 Å². The average Bonchev–Trinajstić information content (AvgIpc) is 2.96. The molecule has 2 aromatic heterocycles. The first-order chi connectivity index (χ1) is 9.64. The average molecular weight is 311 g/mol. The van der Waals surface area contributed by atoms with Gasteiger partial charge >= 0.3 is 0 Å². The highest BCUT2D eigenvalue weighted by atomic mass is 32.2. The summed E-state index contributed by atoms with van der Waals surface area (Å²) in [4.78, 5) is 4.32. The van der Waals surface area contributed by atoms with Crippen LogP contribution in [0.3, 0.4) is 0 Å². The summed E-state index contributed by atoms with van der Waals surface area (Å²) in [6.07, 6.45) is 3.22. The zero-order chi connectivity index (χ0) is 14.2. The SMILES string of the molecule is COc1nscc1S(=O)(=O)N1CCCc2cccnc21. The van der Waals surface area contributed by atoms with Gasteiger partial charge < -0.3 is 4.74 Å². The number of methoxy groups -OCH3 is 1. The van der Waals surface area contributed by atoms with Gasteiger partial charge in [-0.2, -0.15) is 4.37 Å². The standard InChI is InChI=1S/C12H13N3O3S2/c1-18-12-10(8-19-14-12)20(16,17)15-7-3-5-9-4-2-6-13-11(9)15/h2,4,6,8H,3,5,7H2,1H3. The topological polar surface area (TPSA) is 72.4 Å². The van der Waals surface area contributed by atoms with E-state index in [0.717, 1.165) is 29.9 Å². The van der Waals surface area contributed by atoms with E-state index in [1.54, 1.807) is 6.20 Å². The maximum absolute atomic E-state index is 12.8. The molecular formula is C12H13N3O3S2. The zero-order valence-corrected chi connectivity index (χ0v) is 12.4. The molecule has 3 rings (SSSR count). The lowest BCUT2D eigenvalue weighted by Crippen LogP contribution is -2.36. The summed E-state index contributed by atoms with van der Waals surface area (Å²) in [5, 5.41) is 1.49. The number of hydrogen-bond acceptors (Lipinski definition) is 6. The summed E-state index contributed by atoms with van der Waals surface area (Å²) in [7, 11) is -2.27. The molecule has 0 N–H and O–H groups in total. The smallest absolute Gasteiger partial charge is 0.271 e. The number of aromatic nitrogens is 2. The van der Waals surface area contributed by atoms with Crippen LogP contribution in [0.2, 0.25) is 0 Å². The van der Waals surface area contributed by atoms with Crippen LogP contribution in [-0.2, 0) is 16.4 Å². The van der Waals surface area contributed by atoms with Crippen LogP contribution in [-0.4, -0.2) is 31.4 Å². The fraction of sp³-hybridized carbons (Fsp3) is 0.333. The first-order valence-corrected chi connectivity index (χ1v) is 8.37. The minimum absolute atomic E-state index is 0.100. The van der Waals surface area contributed by atoms with E-state index in [0.29, 0.717) is 12.4 Å². The Bertz CT molecular complexity index is 727. The van der Waals surface area contributed by atoms with Gasteiger partial charge in [-0.15, -0.1) is 0 Å². The number of aryl methyl sites for hydroxylation is 1. The van der Waals surface area contributed by atoms with Gasteiger partial charge in [0, 0.05) is 18.1 Å². The Morgan fingerprint density at radius 2 is 2.30 bits per heavy atom. The summed E-state index contributed by atoms with van der Waals surface area (Å²) < 4.78 is 35.8. The molecule has 0 unspecified atom stereocenters. The molecule has 20 heavy (non-hydrogen) atoms. The van der Waals surface area contributed by atoms with E-state index in [1.165, 1.54) is 16.8 Å². The van der Waals surface area contributed by atoms with Gasteiger partial charge in [0.15, 0.2) is 4.90 Å². The normalized spacial score (nSPS) is 14.9. The molecule has 0 amide bonds. The second-order valence-electron chi connectivity index (χ2n) is 4.35. The second-order valence-corrected chi connectivity index (χ2v) is 6.81. The summed E-state index contributed by atoms with van der Waals surface area (Å²) in [5.41, 5.74) is 0.949. The summed E-state index contributed by atoms with van der Waals surface area (Å²) in [6, 6.07) is 3.73. The quantitative estimate of drug-likeness (QED) is 0.862. The Labute approximate surface area is 121 Å². The minimum atomic E-state index is -3.68. The fourth-order valence-electron chi connectivity index (χ4n) is 2.25. The molecule has 3 heterocycles. The number of rotatable bonds is 3. The highest BCUT2D eigenvalue weighted by Crippen LogP contribution is 2.33. The maximum Gasteiger partial charge on any atom is 0.271 e. The molecule has 0 spiro atoms. The first kappa shape index (κ1) is 13.3. The lowest BCUT2D eigenvalue weighted by molar-refractivity contribution is 0.390. The van der Waals surface area contributed by atoms with E-state index in [9.17, 15) is 8.42 Å². The Morgan fingerprint density at radius 3 is 3.10 bits per heavy atom. The van der Waals surface area contributed by atoms with Crippen LogP contribution in [0.25, 0.3) is 0 Å². The van der Waals surface area contributed by atoms with E-state index >= 15 is 0 Å². The van der Waals surface area contributed by atoms with Crippen LogP contribution in [0.5, 0.6) is 5.88 Å². The molecule has 0 atom stereocenters. The number of ether oxygens (including phenoxy) is 1. The largest absolute Gasteiger partial charge is 0.479 e. The lowest BCUT2D eigenvalue weighted by Gasteiger charge is -2.28. The van der Waals surface area contributed by atoms with Gasteiger partial charge in [0.25, 0.3) is 10.0 Å². The number of nitrogens with zero attached hydrogens (tertiary/aromatic N) is 3. The van der Waals surface area contributed by atoms with Crippen LogP contribution in [0, 0.1) is 0 Å². The highest BCUT2D eigenvalue weighted by molar-refractivity contribution is 7.93. The van der Waals surface area contributed by atoms with Gasteiger partial charge in [-0.05, 0) is 36.0 Å². The molecule has 0 bridgehead atoms. The van der Waals surface area contributed by atoms with Gasteiger partial charge in [0.05, 0.1) is 7.11 Å². The van der Waals surface area contributed by atoms with Crippen LogP contribution in [0.15, 0.2) is 28.6 Å². The molecule has 0 radical (unpaired) electrons. The van der Waals surface area contributed by atoms with Crippen LogP contribution in [0.4, 0.5) is 5.82 Å². The lowest BCUT2D eigenvalue weighted by atomic mass is 10.1. The Hall–Kier alpha value is -1.67. The third-order valence-electron chi connectivity index (χ3n) is 3.18. The summed E-state index contributed by atoms with van der Waals surface area (Å²) in [5.74, 6) is 0.644. The molecule has 0 aliphatic carbocycles. The van der Waals surface area contributed by atoms with Gasteiger partial charge in [-0.25, -0.2) is 17.7 Å². The maximum atomic E-state index is 12.8. The van der Waals surface area contributed by atoms with Crippen LogP contribution < -0.4 is 9.04 Å². The van der Waals surface area contributed by atoms with Crippen molar-refractivity contribution in [3.63, 3.8) is 0 Å². The third-order valence-corrected chi connectivity index (χ3v) is 5.72. The molecule has 0 saturated carbocycles. The molecule has 106 valence electrons. The monoisotopic (exact) mass is 311 g/mol. The van der Waals surface area contributed by atoms with Gasteiger partial charge in [-0.1, -0.05) is 6.07 Å². The van der Waals surface area contributed by atoms with Crippen molar-refractivity contribution >= 4 is 27.4 Å². The van der Waals surface area contributed by atoms with Crippen molar-refractivity contribution in [1.29, 1.82) is 0 Å². The first-order valence-electron chi connectivity index (χ1n) is 6.09. The number of pyridine rings is 1. The molecule has 1 aliphatic heterocycles. The molecule has 0 saturated heterocycles. The Balaban J connectivity index is 2.10. The van der Waals surface area contributed by atoms with Crippen LogP contribution >= 0.6 is 11.5 Å². The number of hydrogen-bond donors (Lipinski definition) is 0. The summed E-state index contributed by atoms with van der Waals surface area (Å²) >= 11 is 1.06. The van der Waals surface area contributed by atoms with Crippen molar-refractivity contribution in [2.24, 2.45) is 0 Å². The molecular weight excluding hydrogens is 298 g/mol.